The number of nitrogens with zero attached hydrogens (tertiary/aromatic N) is 3. The van der Waals surface area contributed by atoms with E-state index < -0.39 is 5.60 Å². The van der Waals surface area contributed by atoms with Gasteiger partial charge in [-0.25, -0.2) is 0 Å². The molecule has 1 saturated heterocycles. The average Bonchev–Trinajstić information content (AvgIpc) is 3.17. The minimum atomic E-state index is -0.517. The molecule has 0 amide bonds. The third-order valence-corrected chi connectivity index (χ3v) is 6.50. The average molecular weight is 386 g/mol. The number of aromatic nitrogens is 2. The molecule has 3 heterocycles. The quantitative estimate of drug-likeness (QED) is 0.534. The van der Waals surface area contributed by atoms with Gasteiger partial charge in [0.25, 0.3) is 0 Å². The summed E-state index contributed by atoms with van der Waals surface area (Å²) in [5, 5.41) is 12.7. The van der Waals surface area contributed by atoms with Gasteiger partial charge >= 0.3 is 0 Å². The Labute approximate surface area is 171 Å². The molecule has 1 atom stereocenters. The summed E-state index contributed by atoms with van der Waals surface area (Å²) in [5.41, 5.74) is 4.23. The van der Waals surface area contributed by atoms with Gasteiger partial charge in [0.15, 0.2) is 0 Å². The first-order valence-electron chi connectivity index (χ1n) is 10.4. The molecule has 29 heavy (non-hydrogen) atoms. The van der Waals surface area contributed by atoms with Crippen molar-refractivity contribution in [2.45, 2.75) is 38.3 Å². The van der Waals surface area contributed by atoms with Crippen molar-refractivity contribution in [2.75, 3.05) is 13.1 Å². The van der Waals surface area contributed by atoms with Crippen LogP contribution in [0.15, 0.2) is 67.0 Å². The van der Waals surface area contributed by atoms with Crippen LogP contribution < -0.4 is 0 Å². The lowest BCUT2D eigenvalue weighted by molar-refractivity contribution is -0.0147. The zero-order valence-corrected chi connectivity index (χ0v) is 17.0. The van der Waals surface area contributed by atoms with E-state index in [1.807, 2.05) is 19.2 Å². The molecule has 4 heteroatoms. The van der Waals surface area contributed by atoms with Crippen LogP contribution in [0.2, 0.25) is 0 Å². The highest BCUT2D eigenvalue weighted by Gasteiger charge is 2.30. The number of fused-ring (bicyclic) bond motifs is 2. The Bertz CT molecular complexity index is 1170. The largest absolute Gasteiger partial charge is 0.390 e. The number of hydrogen-bond acceptors (Lipinski definition) is 3. The van der Waals surface area contributed by atoms with E-state index in [0.717, 1.165) is 42.5 Å². The predicted octanol–water partition coefficient (Wildman–Crippen LogP) is 5.09. The van der Waals surface area contributed by atoms with Crippen LogP contribution in [0.1, 0.15) is 38.3 Å². The molecule has 148 valence electrons. The lowest BCUT2D eigenvalue weighted by Crippen LogP contribution is -2.43. The SMILES string of the molecule is CC(c1cccc2c1ccn2-c1ccc2ncccc2c1)N1CCC(C)(O)CC1. The zero-order valence-electron chi connectivity index (χ0n) is 17.0. The lowest BCUT2D eigenvalue weighted by Gasteiger charge is -2.39. The Morgan fingerprint density at radius 2 is 1.86 bits per heavy atom. The fraction of sp³-hybridized carbons (Fsp3) is 0.320. The van der Waals surface area contributed by atoms with Crippen LogP contribution in [-0.2, 0) is 0 Å². The van der Waals surface area contributed by atoms with E-state index in [9.17, 15) is 5.11 Å². The van der Waals surface area contributed by atoms with Gasteiger partial charge in [0.2, 0.25) is 0 Å². The molecule has 1 fully saturated rings. The fourth-order valence-electron chi connectivity index (χ4n) is 4.58. The summed E-state index contributed by atoms with van der Waals surface area (Å²) in [7, 11) is 0. The van der Waals surface area contributed by atoms with Gasteiger partial charge in [0.1, 0.15) is 0 Å². The molecule has 0 radical (unpaired) electrons. The van der Waals surface area contributed by atoms with Crippen molar-refractivity contribution in [2.24, 2.45) is 0 Å². The summed E-state index contributed by atoms with van der Waals surface area (Å²) in [6, 6.07) is 19.7. The third-order valence-electron chi connectivity index (χ3n) is 6.50. The molecule has 0 bridgehead atoms. The maximum absolute atomic E-state index is 10.3. The minimum absolute atomic E-state index is 0.325. The van der Waals surface area contributed by atoms with E-state index in [1.165, 1.54) is 16.5 Å². The Balaban J connectivity index is 1.52. The molecular weight excluding hydrogens is 358 g/mol. The van der Waals surface area contributed by atoms with Crippen molar-refractivity contribution in [3.63, 3.8) is 0 Å². The standard InChI is InChI=1S/C25H27N3O/c1-18(27-15-11-25(2,29)12-16-27)21-6-3-7-24-22(21)10-14-28(24)20-8-9-23-19(17-20)5-4-13-26-23/h3-10,13-14,17-18,29H,11-12,15-16H2,1-2H3. The second kappa shape index (κ2) is 6.97. The minimum Gasteiger partial charge on any atom is -0.390 e. The first-order chi connectivity index (χ1) is 14.0. The second-order valence-corrected chi connectivity index (χ2v) is 8.56. The number of benzene rings is 2. The van der Waals surface area contributed by atoms with Gasteiger partial charge in [-0.05, 0) is 68.7 Å². The van der Waals surface area contributed by atoms with E-state index >= 15 is 0 Å². The van der Waals surface area contributed by atoms with Gasteiger partial charge in [-0.15, -0.1) is 0 Å². The van der Waals surface area contributed by atoms with Crippen molar-refractivity contribution in [3.05, 3.63) is 72.6 Å². The molecule has 4 aromatic rings. The van der Waals surface area contributed by atoms with Crippen molar-refractivity contribution in [1.82, 2.24) is 14.5 Å². The van der Waals surface area contributed by atoms with Crippen LogP contribution >= 0.6 is 0 Å². The predicted molar refractivity (Wildman–Crippen MR) is 118 cm³/mol. The molecule has 1 unspecified atom stereocenters. The van der Waals surface area contributed by atoms with Crippen LogP contribution in [-0.4, -0.2) is 38.2 Å². The van der Waals surface area contributed by atoms with Crippen LogP contribution in [0.25, 0.3) is 27.5 Å². The van der Waals surface area contributed by atoms with Gasteiger partial charge < -0.3 is 9.67 Å². The van der Waals surface area contributed by atoms with E-state index in [0.29, 0.717) is 6.04 Å². The van der Waals surface area contributed by atoms with E-state index in [2.05, 4.69) is 76.1 Å². The van der Waals surface area contributed by atoms with Gasteiger partial charge in [-0.1, -0.05) is 18.2 Å². The number of aliphatic hydroxyl groups is 1. The summed E-state index contributed by atoms with van der Waals surface area (Å²) >= 11 is 0. The summed E-state index contributed by atoms with van der Waals surface area (Å²) in [5.74, 6) is 0. The molecule has 1 N–H and O–H groups in total. The van der Waals surface area contributed by atoms with Gasteiger partial charge in [-0.3, -0.25) is 9.88 Å². The Hall–Kier alpha value is -2.69. The summed E-state index contributed by atoms with van der Waals surface area (Å²) in [6.45, 7) is 6.11. The topological polar surface area (TPSA) is 41.3 Å². The zero-order chi connectivity index (χ0) is 20.0. The fourth-order valence-corrected chi connectivity index (χ4v) is 4.58. The molecule has 0 spiro atoms. The Kier molecular flexibility index (Phi) is 4.41. The number of likely N-dealkylation sites (tertiary alicyclic amines) is 1. The van der Waals surface area contributed by atoms with Crippen LogP contribution in [0.5, 0.6) is 0 Å². The van der Waals surface area contributed by atoms with Crippen LogP contribution in [0, 0.1) is 0 Å². The molecule has 1 aliphatic heterocycles. The molecule has 5 rings (SSSR count). The molecule has 4 nitrogen and oxygen atoms in total. The van der Waals surface area contributed by atoms with Crippen LogP contribution in [0.3, 0.4) is 0 Å². The Morgan fingerprint density at radius 3 is 2.69 bits per heavy atom. The maximum atomic E-state index is 10.3. The number of hydrogen-bond donors (Lipinski definition) is 1. The van der Waals surface area contributed by atoms with Gasteiger partial charge in [0.05, 0.1) is 16.6 Å². The molecule has 2 aromatic carbocycles. The Morgan fingerprint density at radius 1 is 1.03 bits per heavy atom. The van der Waals surface area contributed by atoms with Crippen molar-refractivity contribution in [1.29, 1.82) is 0 Å². The summed E-state index contributed by atoms with van der Waals surface area (Å²) < 4.78 is 2.26. The highest BCUT2D eigenvalue weighted by Crippen LogP contribution is 2.33. The van der Waals surface area contributed by atoms with Crippen molar-refractivity contribution < 1.29 is 5.11 Å². The van der Waals surface area contributed by atoms with Crippen LogP contribution in [0.4, 0.5) is 0 Å². The second-order valence-electron chi connectivity index (χ2n) is 8.56. The lowest BCUT2D eigenvalue weighted by atomic mass is 9.91. The molecular formula is C25H27N3O. The smallest absolute Gasteiger partial charge is 0.0703 e. The van der Waals surface area contributed by atoms with E-state index in [4.69, 9.17) is 0 Å². The molecule has 0 aliphatic carbocycles. The van der Waals surface area contributed by atoms with E-state index in [1.54, 1.807) is 0 Å². The maximum Gasteiger partial charge on any atom is 0.0703 e. The van der Waals surface area contributed by atoms with Crippen molar-refractivity contribution >= 4 is 21.8 Å². The number of pyridine rings is 1. The first-order valence-corrected chi connectivity index (χ1v) is 10.4. The highest BCUT2D eigenvalue weighted by molar-refractivity contribution is 5.87. The first kappa shape index (κ1) is 18.3. The monoisotopic (exact) mass is 385 g/mol. The summed E-state index contributed by atoms with van der Waals surface area (Å²) in [4.78, 5) is 6.92. The van der Waals surface area contributed by atoms with Gasteiger partial charge in [-0.2, -0.15) is 0 Å². The number of piperidine rings is 1. The number of rotatable bonds is 3. The van der Waals surface area contributed by atoms with E-state index in [-0.39, 0.29) is 0 Å². The third kappa shape index (κ3) is 3.33. The van der Waals surface area contributed by atoms with Gasteiger partial charge in [0, 0.05) is 48.0 Å². The normalized spacial score (nSPS) is 18.3. The molecule has 1 aliphatic rings. The summed E-state index contributed by atoms with van der Waals surface area (Å²) in [6.07, 6.45) is 5.67. The van der Waals surface area contributed by atoms with Crippen molar-refractivity contribution in [3.8, 4) is 5.69 Å². The highest BCUT2D eigenvalue weighted by atomic mass is 16.3. The molecule has 0 saturated carbocycles. The molecule has 2 aromatic heterocycles.